The minimum atomic E-state index is -4.09. The minimum absolute atomic E-state index is 0. The SMILES string of the molecule is C.CS(=O)(=O)O.CS(C)(=O)=O.Cc1ccc(-c2ccc(C(F)(F)[C@@](O)(Cn3cnnn3)c3ccc(F)cc3F)nc2)cc1.Cc1ccc(-c2ccc(C(F)(F)[C@](O)(Cn3cnnn3)c3ccc(F)cc3F)nc2)cc1. The van der Waals surface area contributed by atoms with Gasteiger partial charge in [-0.2, -0.15) is 26.0 Å². The summed E-state index contributed by atoms with van der Waals surface area (Å²) in [6.07, 6.45) is 7.51. The molecule has 0 saturated heterocycles. The molecule has 4 aromatic heterocycles. The Bertz CT molecular complexity index is 3110. The zero-order chi connectivity index (χ0) is 54.9. The summed E-state index contributed by atoms with van der Waals surface area (Å²) in [4.78, 5) is 7.70. The van der Waals surface area contributed by atoms with E-state index < -0.39 is 102 Å². The van der Waals surface area contributed by atoms with Gasteiger partial charge < -0.3 is 10.2 Å². The maximum atomic E-state index is 15.7. The molecule has 0 aliphatic heterocycles. The fourth-order valence-electron chi connectivity index (χ4n) is 6.75. The molecule has 8 aromatic rings. The van der Waals surface area contributed by atoms with E-state index in [0.29, 0.717) is 29.5 Å². The first-order chi connectivity index (χ1) is 34.4. The van der Waals surface area contributed by atoms with Gasteiger partial charge in [-0.15, -0.1) is 10.2 Å². The number of aryl methyl sites for hydroxylation is 2. The van der Waals surface area contributed by atoms with Gasteiger partial charge in [0.25, 0.3) is 10.1 Å². The number of rotatable bonds is 12. The maximum absolute atomic E-state index is 15.7. The minimum Gasteiger partial charge on any atom is -0.377 e. The van der Waals surface area contributed by atoms with Crippen LogP contribution in [0.1, 0.15) is 41.1 Å². The molecular formula is C48H48F8N10O7S2. The molecule has 0 spiro atoms. The third kappa shape index (κ3) is 15.8. The van der Waals surface area contributed by atoms with Crippen molar-refractivity contribution in [3.05, 3.63) is 191 Å². The van der Waals surface area contributed by atoms with Crippen LogP contribution in [-0.2, 0) is 56.1 Å². The Morgan fingerprint density at radius 1 is 0.520 bits per heavy atom. The second-order valence-electron chi connectivity index (χ2n) is 16.6. The van der Waals surface area contributed by atoms with Crippen LogP contribution in [0.2, 0.25) is 0 Å². The van der Waals surface area contributed by atoms with Crippen molar-refractivity contribution in [1.29, 1.82) is 0 Å². The number of tetrazole rings is 2. The second kappa shape index (κ2) is 24.3. The number of hydrogen-bond donors (Lipinski definition) is 3. The molecule has 400 valence electrons. The van der Waals surface area contributed by atoms with Gasteiger partial charge >= 0.3 is 11.8 Å². The first-order valence-corrected chi connectivity index (χ1v) is 25.2. The molecule has 8 rings (SSSR count). The summed E-state index contributed by atoms with van der Waals surface area (Å²) < 4.78 is 165. The number of aromatic nitrogens is 10. The van der Waals surface area contributed by atoms with Crippen molar-refractivity contribution in [3.8, 4) is 22.3 Å². The van der Waals surface area contributed by atoms with Gasteiger partial charge in [0.05, 0.1) is 19.3 Å². The van der Waals surface area contributed by atoms with Crippen LogP contribution in [0, 0.1) is 37.1 Å². The Kier molecular flexibility index (Phi) is 19.4. The fraction of sp³-hybridized carbons (Fsp3) is 0.250. The van der Waals surface area contributed by atoms with Crippen LogP contribution in [0.4, 0.5) is 35.1 Å². The van der Waals surface area contributed by atoms with Gasteiger partial charge in [0.15, 0.2) is 11.2 Å². The Labute approximate surface area is 425 Å². The van der Waals surface area contributed by atoms with E-state index in [9.17, 15) is 44.6 Å². The molecule has 0 unspecified atom stereocenters. The molecule has 4 heterocycles. The van der Waals surface area contributed by atoms with Gasteiger partial charge in [-0.3, -0.25) is 14.5 Å². The van der Waals surface area contributed by atoms with E-state index in [1.807, 2.05) is 62.4 Å². The van der Waals surface area contributed by atoms with E-state index in [4.69, 9.17) is 4.55 Å². The fourth-order valence-corrected chi connectivity index (χ4v) is 6.75. The Balaban J connectivity index is 0.000000272. The van der Waals surface area contributed by atoms with Crippen LogP contribution in [-0.4, -0.2) is 101 Å². The molecule has 0 bridgehead atoms. The van der Waals surface area contributed by atoms with Crippen LogP contribution >= 0.6 is 0 Å². The molecular weight excluding hydrogens is 1040 g/mol. The highest BCUT2D eigenvalue weighted by molar-refractivity contribution is 7.89. The monoisotopic (exact) mass is 1090 g/mol. The average Bonchev–Trinajstić information content (AvgIpc) is 4.03. The smallest absolute Gasteiger partial charge is 0.323 e. The topological polar surface area (TPSA) is 242 Å². The lowest BCUT2D eigenvalue weighted by Crippen LogP contribution is -2.48. The summed E-state index contributed by atoms with van der Waals surface area (Å²) in [6.45, 7) is 2.03. The Morgan fingerprint density at radius 3 is 1.08 bits per heavy atom. The van der Waals surface area contributed by atoms with E-state index in [-0.39, 0.29) is 7.43 Å². The van der Waals surface area contributed by atoms with Crippen LogP contribution < -0.4 is 0 Å². The number of benzene rings is 4. The molecule has 0 fully saturated rings. The van der Waals surface area contributed by atoms with Crippen molar-refractivity contribution >= 4 is 20.0 Å². The normalized spacial score (nSPS) is 13.2. The number of nitrogens with zero attached hydrogens (tertiary/aromatic N) is 10. The van der Waals surface area contributed by atoms with Crippen LogP contribution in [0.3, 0.4) is 0 Å². The predicted octanol–water partition coefficient (Wildman–Crippen LogP) is 7.80. The second-order valence-corrected chi connectivity index (χ2v) is 20.4. The highest BCUT2D eigenvalue weighted by Crippen LogP contribution is 2.48. The van der Waals surface area contributed by atoms with Crippen LogP contribution in [0.15, 0.2) is 134 Å². The van der Waals surface area contributed by atoms with Crippen molar-refractivity contribution in [2.75, 3.05) is 18.8 Å². The lowest BCUT2D eigenvalue weighted by Gasteiger charge is -2.35. The van der Waals surface area contributed by atoms with Crippen molar-refractivity contribution in [1.82, 2.24) is 50.4 Å². The standard InChI is InChI=1S/2C22H17F4N5O.C2H6O2S.CH4O3S.CH4/c2*1-14-2-4-15(5-3-14)16-6-9-20(27-11-16)22(25,26)21(32,12-31-13-28-29-30-31)18-8-7-17(23)10-19(18)24;2*1-5(2,3)4;/h2*2-11,13,32H,12H2,1H3;1-2H3;1H3,(H,2,3,4);1H4/t2*21-;;;/m10.../s1. The quantitative estimate of drug-likeness (QED) is 0.0781. The summed E-state index contributed by atoms with van der Waals surface area (Å²) in [7, 11) is -6.33. The molecule has 0 saturated carbocycles. The summed E-state index contributed by atoms with van der Waals surface area (Å²) in [6, 6.07) is 23.7. The van der Waals surface area contributed by atoms with E-state index >= 15 is 17.6 Å². The number of pyridine rings is 2. The molecule has 0 aliphatic carbocycles. The van der Waals surface area contributed by atoms with Crippen molar-refractivity contribution in [3.63, 3.8) is 0 Å². The molecule has 0 amide bonds. The molecule has 4 aromatic carbocycles. The zero-order valence-corrected chi connectivity index (χ0v) is 41.0. The molecule has 3 N–H and O–H groups in total. The lowest BCUT2D eigenvalue weighted by atomic mass is 9.84. The van der Waals surface area contributed by atoms with Gasteiger partial charge in [0.1, 0.15) is 57.1 Å². The van der Waals surface area contributed by atoms with Gasteiger partial charge in [-0.1, -0.05) is 79.2 Å². The number of sulfone groups is 1. The molecule has 75 heavy (non-hydrogen) atoms. The molecule has 17 nitrogen and oxygen atoms in total. The molecule has 0 aliphatic rings. The van der Waals surface area contributed by atoms with Crippen molar-refractivity contribution in [2.24, 2.45) is 0 Å². The summed E-state index contributed by atoms with van der Waals surface area (Å²) >= 11 is 0. The van der Waals surface area contributed by atoms with Gasteiger partial charge in [-0.25, -0.2) is 35.3 Å². The van der Waals surface area contributed by atoms with Gasteiger partial charge in [0.2, 0.25) is 0 Å². The first-order valence-electron chi connectivity index (χ1n) is 21.1. The largest absolute Gasteiger partial charge is 0.377 e. The predicted molar refractivity (Wildman–Crippen MR) is 258 cm³/mol. The zero-order valence-electron chi connectivity index (χ0n) is 39.4. The number of aliphatic hydroxyl groups is 2. The summed E-state index contributed by atoms with van der Waals surface area (Å²) in [5, 5.41) is 42.7. The Morgan fingerprint density at radius 2 is 0.827 bits per heavy atom. The van der Waals surface area contributed by atoms with Crippen molar-refractivity contribution < 1.29 is 66.7 Å². The Hall–Kier alpha value is -7.46. The number of halogens is 8. The van der Waals surface area contributed by atoms with E-state index in [1.165, 1.54) is 24.5 Å². The van der Waals surface area contributed by atoms with E-state index in [0.717, 1.165) is 93.2 Å². The summed E-state index contributed by atoms with van der Waals surface area (Å²) in [5.41, 5.74) is -4.77. The third-order valence-electron chi connectivity index (χ3n) is 10.3. The van der Waals surface area contributed by atoms with Crippen LogP contribution in [0.25, 0.3) is 22.3 Å². The number of alkyl halides is 4. The first kappa shape index (κ1) is 60.1. The molecule has 27 heteroatoms. The lowest BCUT2D eigenvalue weighted by molar-refractivity contribution is -0.207. The molecule has 0 radical (unpaired) electrons. The van der Waals surface area contributed by atoms with E-state index in [2.05, 4.69) is 41.0 Å². The van der Waals surface area contributed by atoms with Crippen molar-refractivity contribution in [2.45, 2.75) is 57.4 Å². The third-order valence-corrected chi connectivity index (χ3v) is 10.3. The van der Waals surface area contributed by atoms with Crippen LogP contribution in [0.5, 0.6) is 0 Å². The van der Waals surface area contributed by atoms with Gasteiger partial charge in [0, 0.05) is 59.3 Å². The highest BCUT2D eigenvalue weighted by Gasteiger charge is 2.59. The maximum Gasteiger partial charge on any atom is 0.323 e. The number of hydrogen-bond acceptors (Lipinski definition) is 14. The van der Waals surface area contributed by atoms with Gasteiger partial charge in [-0.05, 0) is 82.2 Å². The average molecular weight is 1090 g/mol. The summed E-state index contributed by atoms with van der Waals surface area (Å²) in [5.74, 6) is -12.8. The molecule has 2 atom stereocenters. The highest BCUT2D eigenvalue weighted by atomic mass is 32.2. The van der Waals surface area contributed by atoms with E-state index in [1.54, 1.807) is 0 Å².